The third-order valence-electron chi connectivity index (χ3n) is 2.92. The standard InChI is InChI=1S/C12H19NO3/c1-12(2,3)16-11(15)13-6-9(7-13)10(14)8-4-5-8/h8-9H,4-7H2,1-3H3. The maximum atomic E-state index is 11.7. The van der Waals surface area contributed by atoms with E-state index < -0.39 is 5.60 Å². The predicted molar refractivity (Wildman–Crippen MR) is 59.0 cm³/mol. The van der Waals surface area contributed by atoms with Crippen LogP contribution in [0.2, 0.25) is 0 Å². The van der Waals surface area contributed by atoms with Crippen LogP contribution in [0.15, 0.2) is 0 Å². The SMILES string of the molecule is CC(C)(C)OC(=O)N1CC(C(=O)C2CC2)C1. The lowest BCUT2D eigenvalue weighted by Crippen LogP contribution is -2.54. The number of hydrogen-bond acceptors (Lipinski definition) is 3. The zero-order chi connectivity index (χ0) is 11.9. The maximum Gasteiger partial charge on any atom is 0.410 e. The Kier molecular flexibility index (Phi) is 2.68. The topological polar surface area (TPSA) is 46.6 Å². The van der Waals surface area contributed by atoms with Gasteiger partial charge in [-0.05, 0) is 33.6 Å². The molecule has 0 unspecified atom stereocenters. The molecule has 0 aromatic carbocycles. The van der Waals surface area contributed by atoms with Gasteiger partial charge in [0.05, 0.1) is 5.92 Å². The molecule has 90 valence electrons. The molecule has 1 saturated carbocycles. The van der Waals surface area contributed by atoms with Crippen molar-refractivity contribution < 1.29 is 14.3 Å². The highest BCUT2D eigenvalue weighted by Crippen LogP contribution is 2.35. The summed E-state index contributed by atoms with van der Waals surface area (Å²) in [5.74, 6) is 0.714. The van der Waals surface area contributed by atoms with Gasteiger partial charge in [0.1, 0.15) is 11.4 Å². The van der Waals surface area contributed by atoms with E-state index in [1.54, 1.807) is 4.90 Å². The normalized spacial score (nSPS) is 21.6. The third kappa shape index (κ3) is 2.54. The molecule has 0 spiro atoms. The number of rotatable bonds is 2. The highest BCUT2D eigenvalue weighted by molar-refractivity contribution is 5.88. The first kappa shape index (κ1) is 11.4. The summed E-state index contributed by atoms with van der Waals surface area (Å²) >= 11 is 0. The number of carbonyl (C=O) groups is 2. The summed E-state index contributed by atoms with van der Waals surface area (Å²) in [7, 11) is 0. The summed E-state index contributed by atoms with van der Waals surface area (Å²) in [4.78, 5) is 24.9. The Balaban J connectivity index is 1.75. The monoisotopic (exact) mass is 225 g/mol. The van der Waals surface area contributed by atoms with Crippen LogP contribution in [0, 0.1) is 11.8 Å². The lowest BCUT2D eigenvalue weighted by Gasteiger charge is -2.39. The van der Waals surface area contributed by atoms with Crippen molar-refractivity contribution >= 4 is 11.9 Å². The van der Waals surface area contributed by atoms with E-state index in [0.29, 0.717) is 24.8 Å². The van der Waals surface area contributed by atoms with Gasteiger partial charge in [-0.1, -0.05) is 0 Å². The number of ether oxygens (including phenoxy) is 1. The zero-order valence-electron chi connectivity index (χ0n) is 10.2. The van der Waals surface area contributed by atoms with Gasteiger partial charge in [0.25, 0.3) is 0 Å². The molecular weight excluding hydrogens is 206 g/mol. The molecule has 0 aromatic heterocycles. The minimum atomic E-state index is -0.456. The molecule has 1 saturated heterocycles. The Morgan fingerprint density at radius 2 is 1.69 bits per heavy atom. The largest absolute Gasteiger partial charge is 0.444 e. The van der Waals surface area contributed by atoms with Gasteiger partial charge >= 0.3 is 6.09 Å². The summed E-state index contributed by atoms with van der Waals surface area (Å²) in [5.41, 5.74) is -0.456. The van der Waals surface area contributed by atoms with Gasteiger partial charge in [0, 0.05) is 19.0 Å². The number of ketones is 1. The minimum Gasteiger partial charge on any atom is -0.444 e. The maximum absolute atomic E-state index is 11.7. The Morgan fingerprint density at radius 3 is 2.12 bits per heavy atom. The fourth-order valence-corrected chi connectivity index (χ4v) is 1.84. The second-order valence-corrected chi connectivity index (χ2v) is 5.76. The van der Waals surface area contributed by atoms with E-state index in [2.05, 4.69) is 0 Å². The molecule has 16 heavy (non-hydrogen) atoms. The lowest BCUT2D eigenvalue weighted by atomic mass is 9.93. The Morgan fingerprint density at radius 1 is 1.12 bits per heavy atom. The van der Waals surface area contributed by atoms with Gasteiger partial charge < -0.3 is 9.64 Å². The van der Waals surface area contributed by atoms with Crippen LogP contribution in [0.5, 0.6) is 0 Å². The van der Waals surface area contributed by atoms with Gasteiger partial charge in [-0.25, -0.2) is 4.79 Å². The van der Waals surface area contributed by atoms with Crippen LogP contribution in [0.1, 0.15) is 33.6 Å². The van der Waals surface area contributed by atoms with Crippen LogP contribution >= 0.6 is 0 Å². The first-order valence-electron chi connectivity index (χ1n) is 5.88. The number of nitrogens with zero attached hydrogens (tertiary/aromatic N) is 1. The summed E-state index contributed by atoms with van der Waals surface area (Å²) in [6, 6.07) is 0. The number of Topliss-reactive ketones (excluding diaryl/α,β-unsaturated/α-hetero) is 1. The molecule has 2 fully saturated rings. The quantitative estimate of drug-likeness (QED) is 0.720. The van der Waals surface area contributed by atoms with Gasteiger partial charge in [0.2, 0.25) is 0 Å². The van der Waals surface area contributed by atoms with Gasteiger partial charge in [0.15, 0.2) is 0 Å². The molecule has 4 heteroatoms. The number of likely N-dealkylation sites (tertiary alicyclic amines) is 1. The van der Waals surface area contributed by atoms with Crippen molar-refractivity contribution in [3.05, 3.63) is 0 Å². The molecule has 0 N–H and O–H groups in total. The van der Waals surface area contributed by atoms with E-state index in [0.717, 1.165) is 12.8 Å². The van der Waals surface area contributed by atoms with Crippen LogP contribution in [0.3, 0.4) is 0 Å². The molecule has 4 nitrogen and oxygen atoms in total. The molecule has 1 heterocycles. The van der Waals surface area contributed by atoms with Gasteiger partial charge in [-0.2, -0.15) is 0 Å². The molecule has 0 atom stereocenters. The summed E-state index contributed by atoms with van der Waals surface area (Å²) < 4.78 is 5.22. The Labute approximate surface area is 95.9 Å². The number of amides is 1. The Bertz CT molecular complexity index is 309. The average Bonchev–Trinajstić information content (AvgIpc) is 2.77. The summed E-state index contributed by atoms with van der Waals surface area (Å²) in [6.07, 6.45) is 1.79. The van der Waals surface area contributed by atoms with Crippen molar-refractivity contribution in [2.75, 3.05) is 13.1 Å². The van der Waals surface area contributed by atoms with Crippen LogP contribution < -0.4 is 0 Å². The van der Waals surface area contributed by atoms with Crippen LogP contribution in [-0.2, 0) is 9.53 Å². The summed E-state index contributed by atoms with van der Waals surface area (Å²) in [6.45, 7) is 6.63. The summed E-state index contributed by atoms with van der Waals surface area (Å²) in [5, 5.41) is 0. The van der Waals surface area contributed by atoms with E-state index >= 15 is 0 Å². The fourth-order valence-electron chi connectivity index (χ4n) is 1.84. The second kappa shape index (κ2) is 3.75. The molecule has 1 aliphatic heterocycles. The van der Waals surface area contributed by atoms with Gasteiger partial charge in [-0.3, -0.25) is 4.79 Å². The molecule has 0 bridgehead atoms. The van der Waals surface area contributed by atoms with E-state index in [9.17, 15) is 9.59 Å². The van der Waals surface area contributed by atoms with Crippen molar-refractivity contribution in [3.8, 4) is 0 Å². The predicted octanol–water partition coefficient (Wildman–Crippen LogP) is 1.83. The first-order valence-corrected chi connectivity index (χ1v) is 5.88. The van der Waals surface area contributed by atoms with Crippen LogP contribution in [0.4, 0.5) is 4.79 Å². The highest BCUT2D eigenvalue weighted by atomic mass is 16.6. The first-order chi connectivity index (χ1) is 7.37. The molecule has 2 rings (SSSR count). The van der Waals surface area contributed by atoms with Crippen LogP contribution in [0.25, 0.3) is 0 Å². The second-order valence-electron chi connectivity index (χ2n) is 5.76. The van der Waals surface area contributed by atoms with E-state index in [4.69, 9.17) is 4.74 Å². The van der Waals surface area contributed by atoms with Crippen molar-refractivity contribution in [3.63, 3.8) is 0 Å². The molecule has 1 aliphatic carbocycles. The third-order valence-corrected chi connectivity index (χ3v) is 2.92. The molecule has 0 radical (unpaired) electrons. The van der Waals surface area contributed by atoms with Gasteiger partial charge in [-0.15, -0.1) is 0 Å². The number of hydrogen-bond donors (Lipinski definition) is 0. The number of carbonyl (C=O) groups excluding carboxylic acids is 2. The van der Waals surface area contributed by atoms with E-state index in [1.165, 1.54) is 0 Å². The van der Waals surface area contributed by atoms with Crippen molar-refractivity contribution in [1.29, 1.82) is 0 Å². The minimum absolute atomic E-state index is 0.0695. The smallest absolute Gasteiger partial charge is 0.410 e. The average molecular weight is 225 g/mol. The molecule has 1 amide bonds. The van der Waals surface area contributed by atoms with E-state index in [-0.39, 0.29) is 12.0 Å². The molecular formula is C12H19NO3. The van der Waals surface area contributed by atoms with Crippen molar-refractivity contribution in [2.24, 2.45) is 11.8 Å². The molecule has 0 aromatic rings. The zero-order valence-corrected chi connectivity index (χ0v) is 10.2. The van der Waals surface area contributed by atoms with Crippen molar-refractivity contribution in [2.45, 2.75) is 39.2 Å². The van der Waals surface area contributed by atoms with Crippen LogP contribution in [-0.4, -0.2) is 35.5 Å². The van der Waals surface area contributed by atoms with E-state index in [1.807, 2.05) is 20.8 Å². The Hall–Kier alpha value is -1.06. The van der Waals surface area contributed by atoms with Crippen molar-refractivity contribution in [1.82, 2.24) is 4.90 Å². The lowest BCUT2D eigenvalue weighted by molar-refractivity contribution is -0.128. The highest BCUT2D eigenvalue weighted by Gasteiger charge is 2.43. The fraction of sp³-hybridized carbons (Fsp3) is 0.833. The molecule has 2 aliphatic rings.